The molecule has 0 radical (unpaired) electrons. The third-order valence-electron chi connectivity index (χ3n) is 1.95. The highest BCUT2D eigenvalue weighted by molar-refractivity contribution is 5.33. The molecule has 0 atom stereocenters. The van der Waals surface area contributed by atoms with E-state index in [4.69, 9.17) is 4.74 Å². The Morgan fingerprint density at radius 1 is 1.28 bits per heavy atom. The Morgan fingerprint density at radius 3 is 2.61 bits per heavy atom. The number of hydrogen-bond donors (Lipinski definition) is 1. The van der Waals surface area contributed by atoms with E-state index in [-0.39, 0.29) is 5.75 Å². The van der Waals surface area contributed by atoms with Crippen molar-refractivity contribution in [2.45, 2.75) is 12.7 Å². The fourth-order valence-corrected chi connectivity index (χ4v) is 1.28. The first kappa shape index (κ1) is 14.7. The lowest BCUT2D eigenvalue weighted by molar-refractivity contribution is -0.186. The van der Waals surface area contributed by atoms with E-state index in [9.17, 15) is 17.6 Å². The van der Waals surface area contributed by atoms with Gasteiger partial charge in [0.25, 0.3) is 0 Å². The summed E-state index contributed by atoms with van der Waals surface area (Å²) in [6.07, 6.45) is -4.39. The second-order valence-electron chi connectivity index (χ2n) is 3.51. The van der Waals surface area contributed by atoms with Crippen LogP contribution in [-0.2, 0) is 11.3 Å². The number of rotatable bonds is 6. The average molecular weight is 267 g/mol. The Morgan fingerprint density at radius 2 is 2.00 bits per heavy atom. The molecule has 0 bridgehead atoms. The molecule has 0 aliphatic carbocycles. The van der Waals surface area contributed by atoms with E-state index < -0.39 is 25.4 Å². The first-order chi connectivity index (χ1) is 8.42. The summed E-state index contributed by atoms with van der Waals surface area (Å²) in [7, 11) is 1.66. The molecule has 0 heterocycles. The average Bonchev–Trinajstić information content (AvgIpc) is 2.26. The molecule has 1 rings (SSSR count). The molecule has 0 fully saturated rings. The molecular formula is C11H13F4NO2. The van der Waals surface area contributed by atoms with Gasteiger partial charge in [-0.3, -0.25) is 0 Å². The van der Waals surface area contributed by atoms with Crippen LogP contribution in [0.5, 0.6) is 5.75 Å². The molecule has 1 aromatic rings. The van der Waals surface area contributed by atoms with Gasteiger partial charge in [-0.2, -0.15) is 13.2 Å². The van der Waals surface area contributed by atoms with Crippen molar-refractivity contribution in [1.29, 1.82) is 0 Å². The number of ether oxygens (including phenoxy) is 2. The summed E-state index contributed by atoms with van der Waals surface area (Å²) in [5, 5.41) is 2.80. The van der Waals surface area contributed by atoms with Crippen LogP contribution in [0.1, 0.15) is 5.56 Å². The van der Waals surface area contributed by atoms with Crippen molar-refractivity contribution in [3.63, 3.8) is 0 Å². The number of hydrogen-bond acceptors (Lipinski definition) is 3. The van der Waals surface area contributed by atoms with Gasteiger partial charge in [-0.05, 0) is 25.2 Å². The van der Waals surface area contributed by atoms with Crippen LogP contribution in [0, 0.1) is 5.82 Å². The molecule has 0 amide bonds. The van der Waals surface area contributed by atoms with Gasteiger partial charge < -0.3 is 14.8 Å². The Bertz CT molecular complexity index is 382. The highest BCUT2D eigenvalue weighted by Crippen LogP contribution is 2.20. The van der Waals surface area contributed by atoms with Gasteiger partial charge in [-0.1, -0.05) is 0 Å². The SMILES string of the molecule is CNCc1cc(F)ccc1OCOCC(F)(F)F. The summed E-state index contributed by atoms with van der Waals surface area (Å²) >= 11 is 0. The van der Waals surface area contributed by atoms with E-state index in [0.29, 0.717) is 12.1 Å². The van der Waals surface area contributed by atoms with E-state index in [0.717, 1.165) is 6.07 Å². The van der Waals surface area contributed by atoms with Gasteiger partial charge in [0.15, 0.2) is 6.79 Å². The zero-order valence-electron chi connectivity index (χ0n) is 9.68. The zero-order chi connectivity index (χ0) is 13.6. The summed E-state index contributed by atoms with van der Waals surface area (Å²) in [5.74, 6) is -0.156. The lowest BCUT2D eigenvalue weighted by Crippen LogP contribution is -2.19. The van der Waals surface area contributed by atoms with E-state index in [1.807, 2.05) is 0 Å². The fourth-order valence-electron chi connectivity index (χ4n) is 1.28. The highest BCUT2D eigenvalue weighted by atomic mass is 19.4. The van der Waals surface area contributed by atoms with E-state index >= 15 is 0 Å². The minimum atomic E-state index is -4.39. The van der Waals surface area contributed by atoms with Crippen LogP contribution in [0.4, 0.5) is 17.6 Å². The molecule has 1 aromatic carbocycles. The molecule has 3 nitrogen and oxygen atoms in total. The molecular weight excluding hydrogens is 254 g/mol. The quantitative estimate of drug-likeness (QED) is 0.488. The van der Waals surface area contributed by atoms with Crippen LogP contribution < -0.4 is 10.1 Å². The maximum absolute atomic E-state index is 13.0. The van der Waals surface area contributed by atoms with Crippen molar-refractivity contribution in [3.05, 3.63) is 29.6 Å². The minimum absolute atomic E-state index is 0.285. The summed E-state index contributed by atoms with van der Waals surface area (Å²) < 4.78 is 57.6. The number of alkyl halides is 3. The topological polar surface area (TPSA) is 30.5 Å². The van der Waals surface area contributed by atoms with Gasteiger partial charge in [0.2, 0.25) is 0 Å². The van der Waals surface area contributed by atoms with Gasteiger partial charge in [0.05, 0.1) is 0 Å². The Balaban J connectivity index is 2.51. The number of halogens is 4. The van der Waals surface area contributed by atoms with E-state index in [2.05, 4.69) is 10.1 Å². The Hall–Kier alpha value is -1.34. The van der Waals surface area contributed by atoms with Crippen LogP contribution in [0.15, 0.2) is 18.2 Å². The lowest BCUT2D eigenvalue weighted by atomic mass is 10.2. The number of nitrogens with one attached hydrogen (secondary N) is 1. The molecule has 0 aromatic heterocycles. The highest BCUT2D eigenvalue weighted by Gasteiger charge is 2.27. The predicted octanol–water partition coefficient (Wildman–Crippen LogP) is 2.46. The molecule has 0 spiro atoms. The molecule has 1 N–H and O–H groups in total. The second kappa shape index (κ2) is 6.55. The smallest absolute Gasteiger partial charge is 0.411 e. The van der Waals surface area contributed by atoms with Crippen molar-refractivity contribution >= 4 is 0 Å². The Kier molecular flexibility index (Phi) is 5.36. The zero-order valence-corrected chi connectivity index (χ0v) is 9.68. The maximum Gasteiger partial charge on any atom is 0.411 e. The monoisotopic (exact) mass is 267 g/mol. The van der Waals surface area contributed by atoms with Crippen LogP contribution in [0.2, 0.25) is 0 Å². The normalized spacial score (nSPS) is 11.6. The first-order valence-electron chi connectivity index (χ1n) is 5.12. The van der Waals surface area contributed by atoms with Gasteiger partial charge in [0.1, 0.15) is 18.2 Å². The summed E-state index contributed by atoms with van der Waals surface area (Å²) in [6, 6.07) is 3.76. The Labute approximate surface area is 102 Å². The van der Waals surface area contributed by atoms with E-state index in [1.165, 1.54) is 12.1 Å². The largest absolute Gasteiger partial charge is 0.467 e. The van der Waals surface area contributed by atoms with Crippen molar-refractivity contribution < 1.29 is 27.0 Å². The van der Waals surface area contributed by atoms with Gasteiger partial charge in [0, 0.05) is 12.1 Å². The van der Waals surface area contributed by atoms with Gasteiger partial charge in [-0.15, -0.1) is 0 Å². The summed E-state index contributed by atoms with van der Waals surface area (Å²) in [5.41, 5.74) is 0.508. The number of benzene rings is 1. The maximum atomic E-state index is 13.0. The van der Waals surface area contributed by atoms with Crippen LogP contribution in [0.3, 0.4) is 0 Å². The minimum Gasteiger partial charge on any atom is -0.467 e. The predicted molar refractivity (Wildman–Crippen MR) is 56.7 cm³/mol. The van der Waals surface area contributed by atoms with Crippen molar-refractivity contribution in [2.24, 2.45) is 0 Å². The van der Waals surface area contributed by atoms with Crippen molar-refractivity contribution in [3.8, 4) is 5.75 Å². The van der Waals surface area contributed by atoms with Crippen LogP contribution in [-0.4, -0.2) is 26.6 Å². The molecule has 0 unspecified atom stereocenters. The summed E-state index contributed by atoms with van der Waals surface area (Å²) in [6.45, 7) is -1.58. The van der Waals surface area contributed by atoms with Gasteiger partial charge in [-0.25, -0.2) is 4.39 Å². The molecule has 7 heteroatoms. The third kappa shape index (κ3) is 5.33. The molecule has 0 saturated heterocycles. The van der Waals surface area contributed by atoms with Crippen LogP contribution in [0.25, 0.3) is 0 Å². The van der Waals surface area contributed by atoms with Crippen molar-refractivity contribution in [1.82, 2.24) is 5.32 Å². The standard InChI is InChI=1S/C11H13F4NO2/c1-16-5-8-4-9(12)2-3-10(8)18-7-17-6-11(13,14)15/h2-4,16H,5-7H2,1H3. The third-order valence-corrected chi connectivity index (χ3v) is 1.95. The van der Waals surface area contributed by atoms with Crippen LogP contribution >= 0.6 is 0 Å². The molecule has 18 heavy (non-hydrogen) atoms. The second-order valence-corrected chi connectivity index (χ2v) is 3.51. The molecule has 0 aliphatic heterocycles. The van der Waals surface area contributed by atoms with E-state index in [1.54, 1.807) is 7.05 Å². The lowest BCUT2D eigenvalue weighted by Gasteiger charge is -2.12. The molecule has 102 valence electrons. The summed E-state index contributed by atoms with van der Waals surface area (Å²) in [4.78, 5) is 0. The first-order valence-corrected chi connectivity index (χ1v) is 5.12. The molecule has 0 aliphatic rings. The van der Waals surface area contributed by atoms with Crippen molar-refractivity contribution in [2.75, 3.05) is 20.4 Å². The fraction of sp³-hybridized carbons (Fsp3) is 0.455. The van der Waals surface area contributed by atoms with Gasteiger partial charge >= 0.3 is 6.18 Å². The molecule has 0 saturated carbocycles.